The van der Waals surface area contributed by atoms with Crippen LogP contribution in [0.4, 0.5) is 5.69 Å². The molecule has 0 saturated carbocycles. The molecule has 3 rings (SSSR count). The number of amides is 1. The smallest absolute Gasteiger partial charge is 0.319 e. The minimum Gasteiger partial charge on any atom is -0.468 e. The molecule has 10 heteroatoms. The lowest BCUT2D eigenvalue weighted by Crippen LogP contribution is -2.42. The van der Waals surface area contributed by atoms with E-state index in [1.54, 1.807) is 55.5 Å². The van der Waals surface area contributed by atoms with Crippen LogP contribution in [0.1, 0.15) is 12.5 Å². The second-order valence-corrected chi connectivity index (χ2v) is 8.11. The summed E-state index contributed by atoms with van der Waals surface area (Å²) in [6.07, 6.45) is 0.907. The van der Waals surface area contributed by atoms with Gasteiger partial charge >= 0.3 is 5.97 Å². The molecule has 0 saturated heterocycles. The van der Waals surface area contributed by atoms with Gasteiger partial charge in [-0.1, -0.05) is 35.3 Å². The van der Waals surface area contributed by atoms with E-state index in [0.717, 1.165) is 11.3 Å². The van der Waals surface area contributed by atoms with Gasteiger partial charge in [-0.25, -0.2) is 4.79 Å². The highest BCUT2D eigenvalue weighted by molar-refractivity contribution is 6.31. The van der Waals surface area contributed by atoms with E-state index in [0.29, 0.717) is 27.0 Å². The number of carbonyl (C=O) groups excluding carboxylic acids is 3. The van der Waals surface area contributed by atoms with Crippen LogP contribution in [0.25, 0.3) is 0 Å². The van der Waals surface area contributed by atoms with Gasteiger partial charge in [-0.15, -0.1) is 5.06 Å². The second-order valence-electron chi connectivity index (χ2n) is 7.24. The number of nitrogens with zero attached hydrogens (tertiary/aromatic N) is 3. The van der Waals surface area contributed by atoms with Gasteiger partial charge in [0.1, 0.15) is 12.0 Å². The molecular weight excluding hydrogens is 469 g/mol. The van der Waals surface area contributed by atoms with Gasteiger partial charge in [0.2, 0.25) is 0 Å². The summed E-state index contributed by atoms with van der Waals surface area (Å²) in [6, 6.07) is 13.2. The molecule has 1 amide bonds. The Hall–Kier alpha value is -3.54. The highest BCUT2D eigenvalue weighted by Gasteiger charge is 2.47. The summed E-state index contributed by atoms with van der Waals surface area (Å²) in [5.74, 6) is 0.412. The minimum absolute atomic E-state index is 0.0991. The van der Waals surface area contributed by atoms with Crippen molar-refractivity contribution in [3.05, 3.63) is 76.1 Å². The van der Waals surface area contributed by atoms with Crippen molar-refractivity contribution < 1.29 is 24.0 Å². The number of hydroxylamine groups is 1. The first kappa shape index (κ1) is 24.1. The lowest BCUT2D eigenvalue weighted by molar-refractivity contribution is -0.148. The topological polar surface area (TPSA) is 88.5 Å². The number of hydrazone groups is 1. The Kier molecular flexibility index (Phi) is 7.59. The molecule has 0 bridgehead atoms. The Labute approximate surface area is 200 Å². The molecule has 0 aromatic heterocycles. The fourth-order valence-electron chi connectivity index (χ4n) is 3.35. The fraction of sp³-hybridized carbons (Fsp3) is 0.217. The minimum atomic E-state index is -1.12. The normalized spacial score (nSPS) is 16.8. The number of anilines is 1. The highest BCUT2D eigenvalue weighted by Crippen LogP contribution is 2.33. The number of hydrogen-bond donors (Lipinski definition) is 0. The Bertz CT molecular complexity index is 1150. The van der Waals surface area contributed by atoms with Crippen molar-refractivity contribution >= 4 is 52.4 Å². The first-order valence-corrected chi connectivity index (χ1v) is 10.4. The fourth-order valence-corrected chi connectivity index (χ4v) is 3.60. The van der Waals surface area contributed by atoms with Crippen molar-refractivity contribution in [2.24, 2.45) is 10.5 Å². The monoisotopic (exact) mass is 487 g/mol. The van der Waals surface area contributed by atoms with Gasteiger partial charge < -0.3 is 9.57 Å². The largest absolute Gasteiger partial charge is 0.468 e. The van der Waals surface area contributed by atoms with Crippen LogP contribution < -0.4 is 5.06 Å². The molecule has 0 fully saturated rings. The summed E-state index contributed by atoms with van der Waals surface area (Å²) in [6.45, 7) is 1.56. The van der Waals surface area contributed by atoms with Crippen molar-refractivity contribution in [2.75, 3.05) is 25.3 Å². The number of halogens is 2. The maximum atomic E-state index is 13.1. The van der Waals surface area contributed by atoms with Crippen molar-refractivity contribution in [2.45, 2.75) is 6.92 Å². The van der Waals surface area contributed by atoms with Gasteiger partial charge in [-0.05, 0) is 48.9 Å². The Morgan fingerprint density at radius 1 is 1.15 bits per heavy atom. The quantitative estimate of drug-likeness (QED) is 0.194. The van der Waals surface area contributed by atoms with Crippen LogP contribution in [0.5, 0.6) is 0 Å². The van der Waals surface area contributed by atoms with Crippen molar-refractivity contribution in [1.82, 2.24) is 5.01 Å². The summed E-state index contributed by atoms with van der Waals surface area (Å²) in [5, 5.41) is 7.96. The van der Waals surface area contributed by atoms with E-state index >= 15 is 0 Å². The van der Waals surface area contributed by atoms with E-state index in [1.807, 2.05) is 0 Å². The molecule has 0 spiro atoms. The second kappa shape index (κ2) is 10.4. The SMILES string of the molecule is COC(=O)C1(C)CN(CC(=O)N(OC=C=C=O)c2ccc(Cl)cc2)N=C1c1ccc(Cl)cc1. The average Bonchev–Trinajstić information content (AvgIpc) is 3.14. The molecule has 33 heavy (non-hydrogen) atoms. The van der Waals surface area contributed by atoms with Crippen molar-refractivity contribution in [3.8, 4) is 0 Å². The maximum absolute atomic E-state index is 13.1. The van der Waals surface area contributed by atoms with Crippen LogP contribution >= 0.6 is 23.2 Å². The number of carbonyl (C=O) groups is 2. The molecule has 170 valence electrons. The van der Waals surface area contributed by atoms with Crippen LogP contribution in [0.15, 0.2) is 65.6 Å². The van der Waals surface area contributed by atoms with Gasteiger partial charge in [-0.3, -0.25) is 14.6 Å². The third-order valence-corrected chi connectivity index (χ3v) is 5.40. The maximum Gasteiger partial charge on any atom is 0.319 e. The number of benzene rings is 2. The van der Waals surface area contributed by atoms with E-state index in [9.17, 15) is 14.4 Å². The van der Waals surface area contributed by atoms with E-state index in [1.165, 1.54) is 18.1 Å². The molecule has 1 heterocycles. The molecule has 1 unspecified atom stereocenters. The summed E-state index contributed by atoms with van der Waals surface area (Å²) < 4.78 is 5.00. The summed E-state index contributed by atoms with van der Waals surface area (Å²) >= 11 is 11.9. The number of methoxy groups -OCH3 is 1. The van der Waals surface area contributed by atoms with Gasteiger partial charge in [0.05, 0.1) is 25.1 Å². The van der Waals surface area contributed by atoms with Gasteiger partial charge in [0.15, 0.2) is 12.2 Å². The zero-order chi connectivity index (χ0) is 24.0. The summed E-state index contributed by atoms with van der Waals surface area (Å²) in [7, 11) is 1.30. The molecule has 2 aromatic carbocycles. The molecule has 0 radical (unpaired) electrons. The van der Waals surface area contributed by atoms with Crippen molar-refractivity contribution in [1.29, 1.82) is 0 Å². The first-order valence-electron chi connectivity index (χ1n) is 9.66. The lowest BCUT2D eigenvalue weighted by Gasteiger charge is -2.25. The van der Waals surface area contributed by atoms with Gasteiger partial charge in [0.25, 0.3) is 5.91 Å². The van der Waals surface area contributed by atoms with E-state index in [-0.39, 0.29) is 13.1 Å². The Morgan fingerprint density at radius 3 is 2.33 bits per heavy atom. The molecule has 8 nitrogen and oxygen atoms in total. The molecule has 0 N–H and O–H groups in total. The predicted octanol–water partition coefficient (Wildman–Crippen LogP) is 3.66. The number of ether oxygens (including phenoxy) is 1. The van der Waals surface area contributed by atoms with Crippen LogP contribution in [0, 0.1) is 5.41 Å². The van der Waals surface area contributed by atoms with Crippen LogP contribution in [0.3, 0.4) is 0 Å². The average molecular weight is 488 g/mol. The van der Waals surface area contributed by atoms with Crippen LogP contribution in [-0.2, 0) is 24.0 Å². The van der Waals surface area contributed by atoms with E-state index < -0.39 is 17.3 Å². The molecular formula is C23H19Cl2N3O5. The highest BCUT2D eigenvalue weighted by atomic mass is 35.5. The zero-order valence-corrected chi connectivity index (χ0v) is 19.3. The van der Waals surface area contributed by atoms with E-state index in [2.05, 4.69) is 10.8 Å². The molecule has 1 aliphatic rings. The number of esters is 1. The third-order valence-electron chi connectivity index (χ3n) is 4.90. The molecule has 1 aliphatic heterocycles. The first-order chi connectivity index (χ1) is 15.8. The zero-order valence-electron chi connectivity index (χ0n) is 17.7. The van der Waals surface area contributed by atoms with E-state index in [4.69, 9.17) is 32.8 Å². The van der Waals surface area contributed by atoms with Crippen molar-refractivity contribution in [3.63, 3.8) is 0 Å². The predicted molar refractivity (Wildman–Crippen MR) is 123 cm³/mol. The standard InChI is InChI=1S/C23H19Cl2N3O5/c1-23(22(31)32-2)15-27(26-21(23)16-4-6-17(24)7-5-16)14-20(30)28(33-13-3-12-29)19-10-8-18(25)9-11-19/h4-11,13H,14-15H2,1-2H3. The van der Waals surface area contributed by atoms with Gasteiger partial charge in [0, 0.05) is 15.8 Å². The van der Waals surface area contributed by atoms with Crippen LogP contribution in [-0.4, -0.2) is 48.7 Å². The summed E-state index contributed by atoms with van der Waals surface area (Å²) in [4.78, 5) is 41.4. The third kappa shape index (κ3) is 5.45. The summed E-state index contributed by atoms with van der Waals surface area (Å²) in [5.41, 5.74) is 2.46. The Morgan fingerprint density at radius 2 is 1.76 bits per heavy atom. The number of rotatable bonds is 7. The number of hydrogen-bond acceptors (Lipinski definition) is 7. The molecule has 1 atom stereocenters. The lowest BCUT2D eigenvalue weighted by atomic mass is 9.82. The molecule has 0 aliphatic carbocycles. The Balaban J connectivity index is 1.90. The van der Waals surface area contributed by atoms with Gasteiger partial charge in [-0.2, -0.15) is 5.10 Å². The molecule has 2 aromatic rings. The van der Waals surface area contributed by atoms with Crippen LogP contribution in [0.2, 0.25) is 10.0 Å².